The van der Waals surface area contributed by atoms with Gasteiger partial charge in [0.1, 0.15) is 0 Å². The van der Waals surface area contributed by atoms with Gasteiger partial charge in [0, 0.05) is 5.92 Å². The fourth-order valence-electron chi connectivity index (χ4n) is 3.25. The van der Waals surface area contributed by atoms with Crippen LogP contribution in [0.25, 0.3) is 0 Å². The highest BCUT2D eigenvalue weighted by Gasteiger charge is 2.28. The molecule has 0 spiro atoms. The van der Waals surface area contributed by atoms with E-state index >= 15 is 0 Å². The van der Waals surface area contributed by atoms with Gasteiger partial charge in [0.25, 0.3) is 0 Å². The van der Waals surface area contributed by atoms with E-state index in [1.54, 1.807) is 0 Å². The van der Waals surface area contributed by atoms with E-state index in [9.17, 15) is 4.79 Å². The Kier molecular flexibility index (Phi) is 3.31. The predicted octanol–water partition coefficient (Wildman–Crippen LogP) is 3.86. The number of benzene rings is 1. The SMILES string of the molecule is O=C(C1=CCCCCC1)C1Cc2ccccc2C1. The molecule has 1 aromatic carbocycles. The lowest BCUT2D eigenvalue weighted by Crippen LogP contribution is -2.17. The van der Waals surface area contributed by atoms with Gasteiger partial charge in [-0.25, -0.2) is 0 Å². The summed E-state index contributed by atoms with van der Waals surface area (Å²) in [6.45, 7) is 0. The molecule has 0 radical (unpaired) electrons. The first-order valence-corrected chi connectivity index (χ1v) is 7.14. The molecule has 2 aliphatic rings. The van der Waals surface area contributed by atoms with Crippen LogP contribution in [0, 0.1) is 5.92 Å². The Labute approximate surface area is 109 Å². The van der Waals surface area contributed by atoms with Gasteiger partial charge in [-0.15, -0.1) is 0 Å². The Morgan fingerprint density at radius 1 is 1.00 bits per heavy atom. The Morgan fingerprint density at radius 3 is 2.44 bits per heavy atom. The molecular formula is C17H20O. The van der Waals surface area contributed by atoms with Crippen molar-refractivity contribution >= 4 is 5.78 Å². The molecule has 0 atom stereocenters. The summed E-state index contributed by atoms with van der Waals surface area (Å²) >= 11 is 0. The highest BCUT2D eigenvalue weighted by atomic mass is 16.1. The van der Waals surface area contributed by atoms with Crippen LogP contribution in [-0.4, -0.2) is 5.78 Å². The number of hydrogen-bond donors (Lipinski definition) is 0. The Morgan fingerprint density at radius 2 is 1.72 bits per heavy atom. The van der Waals surface area contributed by atoms with Gasteiger partial charge in [0.05, 0.1) is 0 Å². The molecule has 94 valence electrons. The molecule has 0 saturated carbocycles. The van der Waals surface area contributed by atoms with Crippen LogP contribution in [0.2, 0.25) is 0 Å². The molecule has 0 heterocycles. The standard InChI is InChI=1S/C17H20O/c18-17(13-7-3-1-2-4-8-13)16-11-14-9-5-6-10-15(14)12-16/h5-7,9-10,16H,1-4,8,11-12H2. The third-order valence-electron chi connectivity index (χ3n) is 4.28. The largest absolute Gasteiger partial charge is 0.294 e. The third-order valence-corrected chi connectivity index (χ3v) is 4.28. The van der Waals surface area contributed by atoms with Crippen LogP contribution >= 0.6 is 0 Å². The van der Waals surface area contributed by atoms with Crippen LogP contribution in [0.5, 0.6) is 0 Å². The van der Waals surface area contributed by atoms with Crippen LogP contribution in [0.3, 0.4) is 0 Å². The highest BCUT2D eigenvalue weighted by Crippen LogP contribution is 2.30. The molecule has 0 aliphatic heterocycles. The summed E-state index contributed by atoms with van der Waals surface area (Å²) in [7, 11) is 0. The lowest BCUT2D eigenvalue weighted by atomic mass is 9.92. The van der Waals surface area contributed by atoms with Gasteiger partial charge < -0.3 is 0 Å². The van der Waals surface area contributed by atoms with Crippen molar-refractivity contribution in [1.29, 1.82) is 0 Å². The minimum atomic E-state index is 0.215. The first-order valence-electron chi connectivity index (χ1n) is 7.14. The third kappa shape index (κ3) is 2.27. The molecule has 3 rings (SSSR count). The van der Waals surface area contributed by atoms with Crippen molar-refractivity contribution in [3.05, 3.63) is 47.0 Å². The van der Waals surface area contributed by atoms with Crippen molar-refractivity contribution in [1.82, 2.24) is 0 Å². The highest BCUT2D eigenvalue weighted by molar-refractivity contribution is 5.97. The van der Waals surface area contributed by atoms with Crippen molar-refractivity contribution in [2.45, 2.75) is 44.9 Å². The summed E-state index contributed by atoms with van der Waals surface area (Å²) in [5.74, 6) is 0.639. The van der Waals surface area contributed by atoms with Gasteiger partial charge >= 0.3 is 0 Å². The second-order valence-electron chi connectivity index (χ2n) is 5.57. The zero-order chi connectivity index (χ0) is 12.4. The number of rotatable bonds is 2. The first-order chi connectivity index (χ1) is 8.84. The number of fused-ring (bicyclic) bond motifs is 1. The molecule has 0 unspecified atom stereocenters. The summed E-state index contributed by atoms with van der Waals surface area (Å²) in [5, 5.41) is 0. The summed E-state index contributed by atoms with van der Waals surface area (Å²) < 4.78 is 0. The average molecular weight is 240 g/mol. The Bertz CT molecular complexity index is 459. The molecule has 0 saturated heterocycles. The Balaban J connectivity index is 1.74. The average Bonchev–Trinajstić information content (AvgIpc) is 2.64. The normalized spacial score (nSPS) is 20.1. The quantitative estimate of drug-likeness (QED) is 0.767. The maximum absolute atomic E-state index is 12.6. The van der Waals surface area contributed by atoms with E-state index in [1.165, 1.54) is 30.4 Å². The molecular weight excluding hydrogens is 220 g/mol. The van der Waals surface area contributed by atoms with E-state index in [-0.39, 0.29) is 5.92 Å². The lowest BCUT2D eigenvalue weighted by molar-refractivity contribution is -0.119. The summed E-state index contributed by atoms with van der Waals surface area (Å²) in [5.41, 5.74) is 3.88. The van der Waals surface area contributed by atoms with Gasteiger partial charge in [0.15, 0.2) is 5.78 Å². The molecule has 0 amide bonds. The van der Waals surface area contributed by atoms with Crippen LogP contribution < -0.4 is 0 Å². The van der Waals surface area contributed by atoms with E-state index in [4.69, 9.17) is 0 Å². The van der Waals surface area contributed by atoms with E-state index in [2.05, 4.69) is 30.3 Å². The van der Waals surface area contributed by atoms with Gasteiger partial charge in [-0.05, 0) is 55.2 Å². The van der Waals surface area contributed by atoms with Crippen molar-refractivity contribution < 1.29 is 4.79 Å². The van der Waals surface area contributed by atoms with Crippen molar-refractivity contribution in [3.8, 4) is 0 Å². The molecule has 18 heavy (non-hydrogen) atoms. The molecule has 2 aliphatic carbocycles. The van der Waals surface area contributed by atoms with Crippen molar-refractivity contribution in [2.24, 2.45) is 5.92 Å². The van der Waals surface area contributed by atoms with Crippen LogP contribution in [0.15, 0.2) is 35.9 Å². The molecule has 0 aromatic heterocycles. The first kappa shape index (κ1) is 11.7. The second-order valence-corrected chi connectivity index (χ2v) is 5.57. The summed E-state index contributed by atoms with van der Waals surface area (Å²) in [4.78, 5) is 12.6. The molecule has 0 N–H and O–H groups in total. The van der Waals surface area contributed by atoms with E-state index in [0.29, 0.717) is 5.78 Å². The van der Waals surface area contributed by atoms with Gasteiger partial charge in [-0.2, -0.15) is 0 Å². The number of carbonyl (C=O) groups is 1. The molecule has 1 heteroatoms. The van der Waals surface area contributed by atoms with Gasteiger partial charge in [-0.1, -0.05) is 36.8 Å². The topological polar surface area (TPSA) is 17.1 Å². The zero-order valence-electron chi connectivity index (χ0n) is 10.8. The van der Waals surface area contributed by atoms with Crippen molar-refractivity contribution in [3.63, 3.8) is 0 Å². The minimum Gasteiger partial charge on any atom is -0.294 e. The fraction of sp³-hybridized carbons (Fsp3) is 0.471. The summed E-state index contributed by atoms with van der Waals surface area (Å²) in [6, 6.07) is 8.50. The van der Waals surface area contributed by atoms with Crippen LogP contribution in [-0.2, 0) is 17.6 Å². The number of allylic oxidation sites excluding steroid dienone is 2. The maximum atomic E-state index is 12.6. The number of hydrogen-bond acceptors (Lipinski definition) is 1. The minimum absolute atomic E-state index is 0.215. The predicted molar refractivity (Wildman–Crippen MR) is 73.5 cm³/mol. The fourth-order valence-corrected chi connectivity index (χ4v) is 3.25. The number of carbonyl (C=O) groups excluding carboxylic acids is 1. The Hall–Kier alpha value is -1.37. The maximum Gasteiger partial charge on any atom is 0.162 e. The number of Topliss-reactive ketones (excluding diaryl/α,β-unsaturated/α-hetero) is 1. The van der Waals surface area contributed by atoms with Crippen LogP contribution in [0.1, 0.15) is 43.2 Å². The molecule has 0 bridgehead atoms. The van der Waals surface area contributed by atoms with Gasteiger partial charge in [-0.3, -0.25) is 4.79 Å². The molecule has 1 nitrogen and oxygen atoms in total. The van der Waals surface area contributed by atoms with Crippen LogP contribution in [0.4, 0.5) is 0 Å². The van der Waals surface area contributed by atoms with E-state index < -0.39 is 0 Å². The molecule has 0 fully saturated rings. The van der Waals surface area contributed by atoms with Gasteiger partial charge in [0.2, 0.25) is 0 Å². The molecule has 1 aromatic rings. The zero-order valence-corrected chi connectivity index (χ0v) is 10.8. The lowest BCUT2D eigenvalue weighted by Gasteiger charge is -2.10. The van der Waals surface area contributed by atoms with Crippen molar-refractivity contribution in [2.75, 3.05) is 0 Å². The smallest absolute Gasteiger partial charge is 0.162 e. The van der Waals surface area contributed by atoms with E-state index in [0.717, 1.165) is 31.3 Å². The van der Waals surface area contributed by atoms with E-state index in [1.807, 2.05) is 0 Å². The second kappa shape index (κ2) is 5.09. The monoisotopic (exact) mass is 240 g/mol. The summed E-state index contributed by atoms with van der Waals surface area (Å²) in [6.07, 6.45) is 9.93. The number of ketones is 1.